The van der Waals surface area contributed by atoms with Crippen LogP contribution in [0.4, 0.5) is 11.8 Å². The Balaban J connectivity index is 1.53. The summed E-state index contributed by atoms with van der Waals surface area (Å²) < 4.78 is 0. The summed E-state index contributed by atoms with van der Waals surface area (Å²) in [6, 6.07) is 12.1. The summed E-state index contributed by atoms with van der Waals surface area (Å²) in [6.45, 7) is 7.85. The van der Waals surface area contributed by atoms with Crippen LogP contribution in [0.3, 0.4) is 0 Å². The molecule has 6 heteroatoms. The van der Waals surface area contributed by atoms with Crippen molar-refractivity contribution in [3.8, 4) is 0 Å². The van der Waals surface area contributed by atoms with Gasteiger partial charge in [0.05, 0.1) is 0 Å². The smallest absolute Gasteiger partial charge is 0.227 e. The number of carbonyl (C=O) groups is 1. The summed E-state index contributed by atoms with van der Waals surface area (Å²) in [4.78, 5) is 25.7. The van der Waals surface area contributed by atoms with Crippen LogP contribution in [-0.4, -0.2) is 53.5 Å². The third kappa shape index (κ3) is 4.71. The number of nitrogens with zero attached hydrogens (tertiary/aromatic N) is 4. The number of aryl methyl sites for hydroxylation is 2. The molecule has 26 heavy (non-hydrogen) atoms. The van der Waals surface area contributed by atoms with E-state index in [1.165, 1.54) is 5.56 Å². The summed E-state index contributed by atoms with van der Waals surface area (Å²) in [6.07, 6.45) is 1.36. The normalized spacial score (nSPS) is 14.4. The van der Waals surface area contributed by atoms with Gasteiger partial charge in [0.1, 0.15) is 5.82 Å². The number of carbonyl (C=O) groups excluding carboxylic acids is 1. The van der Waals surface area contributed by atoms with E-state index in [0.717, 1.165) is 56.6 Å². The van der Waals surface area contributed by atoms with Crippen LogP contribution >= 0.6 is 0 Å². The second-order valence-electron chi connectivity index (χ2n) is 6.58. The van der Waals surface area contributed by atoms with Crippen LogP contribution in [0.15, 0.2) is 36.4 Å². The van der Waals surface area contributed by atoms with Crippen LogP contribution in [0.2, 0.25) is 0 Å². The molecule has 0 atom stereocenters. The largest absolute Gasteiger partial charge is 0.370 e. The predicted octanol–water partition coefficient (Wildman–Crippen LogP) is 2.50. The zero-order valence-corrected chi connectivity index (χ0v) is 15.6. The van der Waals surface area contributed by atoms with Crippen molar-refractivity contribution >= 4 is 17.7 Å². The molecular weight excluding hydrogens is 326 g/mol. The van der Waals surface area contributed by atoms with Crippen molar-refractivity contribution < 1.29 is 4.79 Å². The molecule has 1 fully saturated rings. The Labute approximate surface area is 155 Å². The maximum atomic E-state index is 12.5. The average molecular weight is 353 g/mol. The van der Waals surface area contributed by atoms with Gasteiger partial charge >= 0.3 is 0 Å². The molecule has 0 bridgehead atoms. The fourth-order valence-corrected chi connectivity index (χ4v) is 3.18. The van der Waals surface area contributed by atoms with E-state index in [-0.39, 0.29) is 5.91 Å². The molecule has 1 amide bonds. The highest BCUT2D eigenvalue weighted by atomic mass is 16.2. The predicted molar refractivity (Wildman–Crippen MR) is 104 cm³/mol. The van der Waals surface area contributed by atoms with Crippen molar-refractivity contribution in [3.05, 3.63) is 47.7 Å². The molecule has 3 rings (SSSR count). The highest BCUT2D eigenvalue weighted by Crippen LogP contribution is 2.16. The number of piperazine rings is 1. The Morgan fingerprint density at radius 3 is 2.54 bits per heavy atom. The zero-order chi connectivity index (χ0) is 18.4. The van der Waals surface area contributed by atoms with Gasteiger partial charge in [-0.15, -0.1) is 0 Å². The summed E-state index contributed by atoms with van der Waals surface area (Å²) in [5, 5.41) is 3.24. The van der Waals surface area contributed by atoms with Crippen molar-refractivity contribution in [2.75, 3.05) is 42.9 Å². The van der Waals surface area contributed by atoms with Crippen LogP contribution in [0, 0.1) is 6.92 Å². The summed E-state index contributed by atoms with van der Waals surface area (Å²) in [5.74, 6) is 1.83. The van der Waals surface area contributed by atoms with E-state index >= 15 is 0 Å². The molecule has 0 radical (unpaired) electrons. The first kappa shape index (κ1) is 18.2. The highest BCUT2D eigenvalue weighted by molar-refractivity contribution is 5.76. The van der Waals surface area contributed by atoms with Crippen molar-refractivity contribution in [2.24, 2.45) is 0 Å². The minimum Gasteiger partial charge on any atom is -0.370 e. The fraction of sp³-hybridized carbons (Fsp3) is 0.450. The van der Waals surface area contributed by atoms with Crippen molar-refractivity contribution in [1.82, 2.24) is 14.9 Å². The van der Waals surface area contributed by atoms with E-state index in [1.807, 2.05) is 36.1 Å². The Kier molecular flexibility index (Phi) is 6.04. The van der Waals surface area contributed by atoms with Crippen molar-refractivity contribution in [1.29, 1.82) is 0 Å². The molecule has 2 heterocycles. The number of amides is 1. The van der Waals surface area contributed by atoms with E-state index in [0.29, 0.717) is 6.42 Å². The van der Waals surface area contributed by atoms with Crippen LogP contribution in [0.5, 0.6) is 0 Å². The molecule has 6 nitrogen and oxygen atoms in total. The van der Waals surface area contributed by atoms with E-state index in [1.54, 1.807) is 0 Å². The highest BCUT2D eigenvalue weighted by Gasteiger charge is 2.22. The van der Waals surface area contributed by atoms with E-state index in [4.69, 9.17) is 0 Å². The number of rotatable bonds is 6. The van der Waals surface area contributed by atoms with Crippen LogP contribution in [0.25, 0.3) is 0 Å². The summed E-state index contributed by atoms with van der Waals surface area (Å²) in [7, 11) is 0. The van der Waals surface area contributed by atoms with Crippen molar-refractivity contribution in [2.45, 2.75) is 26.7 Å². The van der Waals surface area contributed by atoms with Gasteiger partial charge in [-0.1, -0.05) is 30.3 Å². The van der Waals surface area contributed by atoms with Crippen LogP contribution in [0.1, 0.15) is 24.6 Å². The van der Waals surface area contributed by atoms with Gasteiger partial charge in [-0.25, -0.2) is 4.98 Å². The van der Waals surface area contributed by atoms with Gasteiger partial charge in [0.15, 0.2) is 0 Å². The minimum atomic E-state index is 0.229. The van der Waals surface area contributed by atoms with Gasteiger partial charge in [0, 0.05) is 50.9 Å². The first-order valence-electron chi connectivity index (χ1n) is 9.32. The summed E-state index contributed by atoms with van der Waals surface area (Å²) in [5.41, 5.74) is 2.16. The molecule has 1 aromatic heterocycles. The first-order valence-corrected chi connectivity index (χ1v) is 9.32. The van der Waals surface area contributed by atoms with Crippen LogP contribution < -0.4 is 10.2 Å². The number of hydrogen-bond acceptors (Lipinski definition) is 5. The first-order chi connectivity index (χ1) is 12.7. The number of nitrogens with one attached hydrogen (secondary N) is 1. The molecule has 1 saturated heterocycles. The van der Waals surface area contributed by atoms with Crippen molar-refractivity contribution in [3.63, 3.8) is 0 Å². The third-order valence-electron chi connectivity index (χ3n) is 4.59. The number of anilines is 2. The van der Waals surface area contributed by atoms with Crippen LogP contribution in [-0.2, 0) is 11.2 Å². The van der Waals surface area contributed by atoms with E-state index < -0.39 is 0 Å². The van der Waals surface area contributed by atoms with Gasteiger partial charge in [-0.05, 0) is 25.8 Å². The molecule has 138 valence electrons. The molecule has 0 unspecified atom stereocenters. The summed E-state index contributed by atoms with van der Waals surface area (Å²) >= 11 is 0. The minimum absolute atomic E-state index is 0.229. The Hall–Kier alpha value is -2.63. The maximum absolute atomic E-state index is 12.5. The zero-order valence-electron chi connectivity index (χ0n) is 15.6. The standard InChI is InChI=1S/C20H27N5O/c1-3-21-18-15-16(2)22-20(23-18)25-13-11-24(12-14-25)19(26)10-9-17-7-5-4-6-8-17/h4-8,15H,3,9-14H2,1-2H3,(H,21,22,23). The lowest BCUT2D eigenvalue weighted by Crippen LogP contribution is -2.49. The number of benzene rings is 1. The number of hydrogen-bond donors (Lipinski definition) is 1. The van der Waals surface area contributed by atoms with Gasteiger partial charge in [-0.3, -0.25) is 4.79 Å². The molecule has 0 saturated carbocycles. The Bertz CT molecular complexity index is 726. The second-order valence-corrected chi connectivity index (χ2v) is 6.58. The third-order valence-corrected chi connectivity index (χ3v) is 4.59. The monoisotopic (exact) mass is 353 g/mol. The molecule has 0 aliphatic carbocycles. The molecule has 1 aliphatic heterocycles. The molecular formula is C20H27N5O. The average Bonchev–Trinajstić information content (AvgIpc) is 2.67. The molecule has 2 aromatic rings. The number of aromatic nitrogens is 2. The quantitative estimate of drug-likeness (QED) is 0.865. The topological polar surface area (TPSA) is 61.4 Å². The second kappa shape index (κ2) is 8.65. The maximum Gasteiger partial charge on any atom is 0.227 e. The Morgan fingerprint density at radius 1 is 1.12 bits per heavy atom. The SMILES string of the molecule is CCNc1cc(C)nc(N2CCN(C(=O)CCc3ccccc3)CC2)n1. The molecule has 1 aromatic carbocycles. The lowest BCUT2D eigenvalue weighted by Gasteiger charge is -2.35. The molecule has 1 N–H and O–H groups in total. The van der Waals surface area contributed by atoms with E-state index in [9.17, 15) is 4.79 Å². The van der Waals surface area contributed by atoms with E-state index in [2.05, 4.69) is 39.2 Å². The lowest BCUT2D eigenvalue weighted by atomic mass is 10.1. The fourth-order valence-electron chi connectivity index (χ4n) is 3.18. The van der Waals surface area contributed by atoms with Gasteiger partial charge in [-0.2, -0.15) is 4.98 Å². The van der Waals surface area contributed by atoms with Gasteiger partial charge in [0.2, 0.25) is 11.9 Å². The van der Waals surface area contributed by atoms with Gasteiger partial charge < -0.3 is 15.1 Å². The van der Waals surface area contributed by atoms with Gasteiger partial charge in [0.25, 0.3) is 0 Å². The Morgan fingerprint density at radius 2 is 1.85 bits per heavy atom. The lowest BCUT2D eigenvalue weighted by molar-refractivity contribution is -0.131. The molecule has 1 aliphatic rings. The molecule has 0 spiro atoms.